The molecular weight excluding hydrogens is 548 g/mol. The number of aromatic nitrogens is 1. The van der Waals surface area contributed by atoms with Gasteiger partial charge >= 0.3 is 6.09 Å². The highest BCUT2D eigenvalue weighted by Crippen LogP contribution is 2.40. The van der Waals surface area contributed by atoms with Crippen molar-refractivity contribution in [1.29, 1.82) is 0 Å². The van der Waals surface area contributed by atoms with Crippen molar-refractivity contribution in [2.45, 2.75) is 43.1 Å². The molecule has 1 amide bonds. The topological polar surface area (TPSA) is 89.9 Å². The summed E-state index contributed by atoms with van der Waals surface area (Å²) in [6.45, 7) is 4.08. The lowest BCUT2D eigenvalue weighted by Gasteiger charge is -2.36. The Hall–Kier alpha value is -3.95. The summed E-state index contributed by atoms with van der Waals surface area (Å²) >= 11 is 1.67. The molecule has 7 nitrogen and oxygen atoms in total. The lowest BCUT2D eigenvalue weighted by atomic mass is 9.99. The zero-order valence-corrected chi connectivity index (χ0v) is 24.0. The van der Waals surface area contributed by atoms with Gasteiger partial charge in [-0.2, -0.15) is 0 Å². The average molecular weight is 583 g/mol. The number of nitrogens with zero attached hydrogens (tertiary/aromatic N) is 1. The van der Waals surface area contributed by atoms with Gasteiger partial charge in [0.15, 0.2) is 6.29 Å². The molecular formula is C34H34N2O5S. The molecule has 2 heterocycles. The molecule has 0 saturated carbocycles. The summed E-state index contributed by atoms with van der Waals surface area (Å²) in [6.07, 6.45) is 2.78. The number of carbonyl (C=O) groups excluding carboxylic acids is 1. The van der Waals surface area contributed by atoms with Gasteiger partial charge in [0.05, 0.1) is 23.8 Å². The van der Waals surface area contributed by atoms with E-state index in [1.165, 1.54) is 6.08 Å². The smallest absolute Gasteiger partial charge is 0.407 e. The first kappa shape index (κ1) is 29.5. The second-order valence-electron chi connectivity index (χ2n) is 9.90. The van der Waals surface area contributed by atoms with Gasteiger partial charge in [-0.15, -0.1) is 11.8 Å². The van der Waals surface area contributed by atoms with Gasteiger partial charge in [-0.1, -0.05) is 79.4 Å². The number of aliphatic hydroxyl groups excluding tert-OH is 1. The molecule has 0 radical (unpaired) electrons. The van der Waals surface area contributed by atoms with Crippen LogP contribution < -0.4 is 5.32 Å². The van der Waals surface area contributed by atoms with Crippen molar-refractivity contribution in [3.63, 3.8) is 0 Å². The lowest BCUT2D eigenvalue weighted by Crippen LogP contribution is -2.31. The molecule has 3 atom stereocenters. The minimum atomic E-state index is -0.556. The largest absolute Gasteiger partial charge is 0.445 e. The Labute approximate surface area is 250 Å². The number of aliphatic hydroxyl groups is 1. The highest BCUT2D eigenvalue weighted by Gasteiger charge is 2.32. The van der Waals surface area contributed by atoms with Gasteiger partial charge in [-0.3, -0.25) is 0 Å². The van der Waals surface area contributed by atoms with E-state index >= 15 is 0 Å². The minimum absolute atomic E-state index is 0.00430. The molecule has 1 fully saturated rings. The Kier molecular flexibility index (Phi) is 10.4. The van der Waals surface area contributed by atoms with Crippen LogP contribution in [0, 0.1) is 0 Å². The predicted molar refractivity (Wildman–Crippen MR) is 164 cm³/mol. The number of benzene rings is 3. The van der Waals surface area contributed by atoms with Crippen LogP contribution >= 0.6 is 11.8 Å². The third-order valence-electron chi connectivity index (χ3n) is 6.86. The molecule has 216 valence electrons. The van der Waals surface area contributed by atoms with Crippen LogP contribution in [-0.2, 0) is 27.4 Å². The number of rotatable bonds is 11. The maximum absolute atomic E-state index is 11.8. The molecule has 1 saturated heterocycles. The van der Waals surface area contributed by atoms with E-state index in [1.54, 1.807) is 18.0 Å². The van der Waals surface area contributed by atoms with E-state index in [-0.39, 0.29) is 25.4 Å². The Balaban J connectivity index is 1.34. The number of amides is 1. The number of ether oxygens (including phenoxy) is 3. The second kappa shape index (κ2) is 14.8. The van der Waals surface area contributed by atoms with E-state index in [1.807, 2.05) is 78.9 Å². The Morgan fingerprint density at radius 1 is 0.976 bits per heavy atom. The number of hydrogen-bond acceptors (Lipinski definition) is 7. The Bertz CT molecular complexity index is 1460. The third kappa shape index (κ3) is 8.08. The van der Waals surface area contributed by atoms with Crippen LogP contribution in [0.2, 0.25) is 0 Å². The molecule has 4 aromatic rings. The van der Waals surface area contributed by atoms with Crippen LogP contribution in [0.25, 0.3) is 11.1 Å². The van der Waals surface area contributed by atoms with Gasteiger partial charge in [0.2, 0.25) is 0 Å². The summed E-state index contributed by atoms with van der Waals surface area (Å²) in [5, 5.41) is 13.2. The van der Waals surface area contributed by atoms with Gasteiger partial charge in [0.1, 0.15) is 6.61 Å². The summed E-state index contributed by atoms with van der Waals surface area (Å²) in [4.78, 5) is 16.3. The molecule has 5 rings (SSSR count). The maximum atomic E-state index is 11.8. The SMILES string of the molecule is C=CCOC(=O)NCc1cccc(-c2cccc(C3OC(CSc4ccccn4)CC(c4ccc(CO)cc4)O3)c2)c1. The summed E-state index contributed by atoms with van der Waals surface area (Å²) in [6, 6.07) is 30.0. The van der Waals surface area contributed by atoms with Crippen LogP contribution in [0.5, 0.6) is 0 Å². The van der Waals surface area contributed by atoms with Crippen LogP contribution in [0.1, 0.15) is 41.1 Å². The number of nitrogens with one attached hydrogen (secondary N) is 1. The van der Waals surface area contributed by atoms with Gasteiger partial charge in [0, 0.05) is 30.5 Å². The van der Waals surface area contributed by atoms with Crippen molar-refractivity contribution < 1.29 is 24.1 Å². The van der Waals surface area contributed by atoms with E-state index < -0.39 is 12.4 Å². The van der Waals surface area contributed by atoms with Crippen molar-refractivity contribution in [1.82, 2.24) is 10.3 Å². The Morgan fingerprint density at radius 3 is 2.55 bits per heavy atom. The number of alkyl carbamates (subject to hydrolysis) is 1. The first-order chi connectivity index (χ1) is 20.6. The summed E-state index contributed by atoms with van der Waals surface area (Å²) in [5.74, 6) is 0.742. The number of hydrogen-bond donors (Lipinski definition) is 2. The zero-order chi connectivity index (χ0) is 29.1. The molecule has 3 aromatic carbocycles. The van der Waals surface area contributed by atoms with E-state index in [2.05, 4.69) is 29.0 Å². The van der Waals surface area contributed by atoms with Crippen LogP contribution in [0.3, 0.4) is 0 Å². The number of thioether (sulfide) groups is 1. The van der Waals surface area contributed by atoms with Crippen molar-refractivity contribution in [2.75, 3.05) is 12.4 Å². The predicted octanol–water partition coefficient (Wildman–Crippen LogP) is 6.99. The average Bonchev–Trinajstić information content (AvgIpc) is 3.06. The summed E-state index contributed by atoms with van der Waals surface area (Å²) in [5.41, 5.74) is 5.83. The molecule has 0 bridgehead atoms. The molecule has 0 aliphatic carbocycles. The van der Waals surface area contributed by atoms with Crippen molar-refractivity contribution >= 4 is 17.9 Å². The first-order valence-electron chi connectivity index (χ1n) is 13.9. The normalized spacial score (nSPS) is 18.3. The van der Waals surface area contributed by atoms with E-state index in [0.29, 0.717) is 13.0 Å². The van der Waals surface area contributed by atoms with Gasteiger partial charge in [-0.05, 0) is 52.1 Å². The lowest BCUT2D eigenvalue weighted by molar-refractivity contribution is -0.245. The van der Waals surface area contributed by atoms with Crippen molar-refractivity contribution in [3.05, 3.63) is 132 Å². The molecule has 1 aromatic heterocycles. The quantitative estimate of drug-likeness (QED) is 0.146. The summed E-state index contributed by atoms with van der Waals surface area (Å²) < 4.78 is 18.1. The molecule has 1 aliphatic heterocycles. The molecule has 8 heteroatoms. The van der Waals surface area contributed by atoms with Crippen LogP contribution in [0.15, 0.2) is 115 Å². The van der Waals surface area contributed by atoms with Crippen LogP contribution in [0.4, 0.5) is 4.79 Å². The molecule has 3 unspecified atom stereocenters. The third-order valence-corrected chi connectivity index (χ3v) is 7.93. The molecule has 0 spiro atoms. The molecule has 42 heavy (non-hydrogen) atoms. The minimum Gasteiger partial charge on any atom is -0.445 e. The highest BCUT2D eigenvalue weighted by atomic mass is 32.2. The van der Waals surface area contributed by atoms with Crippen molar-refractivity contribution in [2.24, 2.45) is 0 Å². The highest BCUT2D eigenvalue weighted by molar-refractivity contribution is 7.99. The van der Waals surface area contributed by atoms with E-state index in [4.69, 9.17) is 14.2 Å². The summed E-state index contributed by atoms with van der Waals surface area (Å²) in [7, 11) is 0. The van der Waals surface area contributed by atoms with Gasteiger partial charge in [0.25, 0.3) is 0 Å². The fraction of sp³-hybridized carbons (Fsp3) is 0.235. The fourth-order valence-corrected chi connectivity index (χ4v) is 5.60. The second-order valence-corrected chi connectivity index (χ2v) is 10.9. The monoisotopic (exact) mass is 582 g/mol. The maximum Gasteiger partial charge on any atom is 0.407 e. The van der Waals surface area contributed by atoms with Crippen molar-refractivity contribution in [3.8, 4) is 11.1 Å². The molecule has 2 N–H and O–H groups in total. The van der Waals surface area contributed by atoms with E-state index in [0.717, 1.165) is 44.2 Å². The number of pyridine rings is 1. The zero-order valence-electron chi connectivity index (χ0n) is 23.2. The Morgan fingerprint density at radius 2 is 1.79 bits per heavy atom. The first-order valence-corrected chi connectivity index (χ1v) is 14.8. The standard InChI is InChI=1S/C34H34N2O5S/c1-2-17-39-34(38)36-21-25-7-5-8-27(18-25)28-9-6-10-29(19-28)33-40-30(23-42-32-11-3-4-16-35-32)20-31(41-33)26-14-12-24(22-37)13-15-26/h2-16,18-19,30-31,33,37H,1,17,20-23H2,(H,36,38). The van der Waals surface area contributed by atoms with E-state index in [9.17, 15) is 9.90 Å². The van der Waals surface area contributed by atoms with Gasteiger partial charge < -0.3 is 24.6 Å². The fourth-order valence-electron chi connectivity index (χ4n) is 4.72. The van der Waals surface area contributed by atoms with Gasteiger partial charge in [-0.25, -0.2) is 9.78 Å². The molecule has 1 aliphatic rings. The van der Waals surface area contributed by atoms with Crippen LogP contribution in [-0.4, -0.2) is 34.6 Å². The number of carbonyl (C=O) groups is 1.